The topological polar surface area (TPSA) is 62.2 Å². The largest absolute Gasteiger partial charge is 0.328 e. The second-order valence-corrected chi connectivity index (χ2v) is 10.3. The molecule has 0 saturated carbocycles. The molecule has 2 atom stereocenters. The number of carbonyl (C=O) groups is 1. The Morgan fingerprint density at radius 2 is 2.06 bits per heavy atom. The third-order valence-electron chi connectivity index (χ3n) is 7.07. The van der Waals surface area contributed by atoms with Gasteiger partial charge in [-0.05, 0) is 88.7 Å². The van der Waals surface area contributed by atoms with Crippen molar-refractivity contribution in [3.63, 3.8) is 0 Å². The first-order chi connectivity index (χ1) is 15.8. The maximum absolute atomic E-state index is 13.5. The van der Waals surface area contributed by atoms with Crippen LogP contribution in [0.3, 0.4) is 0 Å². The lowest BCUT2D eigenvalue weighted by molar-refractivity contribution is -0.118. The van der Waals surface area contributed by atoms with Gasteiger partial charge in [-0.2, -0.15) is 0 Å². The predicted molar refractivity (Wildman–Crippen MR) is 130 cm³/mol. The molecule has 1 aliphatic carbocycles. The molecule has 2 aromatic rings. The van der Waals surface area contributed by atoms with Crippen LogP contribution in [0, 0.1) is 5.82 Å². The molecule has 33 heavy (non-hydrogen) atoms. The van der Waals surface area contributed by atoms with Crippen LogP contribution >= 0.6 is 0 Å². The van der Waals surface area contributed by atoms with Gasteiger partial charge < -0.3 is 20.1 Å². The van der Waals surface area contributed by atoms with Gasteiger partial charge in [-0.1, -0.05) is 19.4 Å². The summed E-state index contributed by atoms with van der Waals surface area (Å²) in [6.07, 6.45) is 10.6. The molecule has 2 heterocycles. The number of aryl methyl sites for hydroxylation is 1. The zero-order valence-electron chi connectivity index (χ0n) is 20.2. The van der Waals surface area contributed by atoms with Crippen LogP contribution < -0.4 is 10.6 Å². The number of halogens is 1. The van der Waals surface area contributed by atoms with Gasteiger partial charge in [0, 0.05) is 18.8 Å². The van der Waals surface area contributed by atoms with Gasteiger partial charge >= 0.3 is 0 Å². The minimum atomic E-state index is -0.273. The van der Waals surface area contributed by atoms with Crippen LogP contribution in [0.2, 0.25) is 0 Å². The van der Waals surface area contributed by atoms with E-state index in [1.165, 1.54) is 24.5 Å². The molecule has 2 N–H and O–H groups in total. The Morgan fingerprint density at radius 3 is 2.82 bits per heavy atom. The molecule has 1 saturated heterocycles. The average molecular weight is 456 g/mol. The first-order valence-corrected chi connectivity index (χ1v) is 12.4. The third kappa shape index (κ3) is 6.01. The molecule has 6 nitrogen and oxygen atoms in total. The van der Waals surface area contributed by atoms with E-state index in [1.807, 2.05) is 18.6 Å². The summed E-state index contributed by atoms with van der Waals surface area (Å²) in [6.45, 7) is 9.82. The molecule has 0 radical (unpaired) electrons. The Bertz CT molecular complexity index is 950. The summed E-state index contributed by atoms with van der Waals surface area (Å²) < 4.78 is 15.6. The molecule has 7 heteroatoms. The van der Waals surface area contributed by atoms with Crippen molar-refractivity contribution in [1.29, 1.82) is 0 Å². The fourth-order valence-corrected chi connectivity index (χ4v) is 5.23. The van der Waals surface area contributed by atoms with Crippen molar-refractivity contribution in [3.05, 3.63) is 47.7 Å². The number of imidazole rings is 1. The second-order valence-electron chi connectivity index (χ2n) is 10.3. The number of rotatable bonds is 9. The van der Waals surface area contributed by atoms with E-state index in [0.717, 1.165) is 57.3 Å². The van der Waals surface area contributed by atoms with Crippen LogP contribution in [-0.2, 0) is 23.2 Å². The van der Waals surface area contributed by atoms with Gasteiger partial charge in [-0.3, -0.25) is 4.79 Å². The number of carbonyl (C=O) groups excluding carboxylic acids is 1. The highest BCUT2D eigenvalue weighted by atomic mass is 19.1. The van der Waals surface area contributed by atoms with Gasteiger partial charge in [0.1, 0.15) is 5.82 Å². The van der Waals surface area contributed by atoms with E-state index < -0.39 is 0 Å². The van der Waals surface area contributed by atoms with Gasteiger partial charge in [0.05, 0.1) is 17.9 Å². The van der Waals surface area contributed by atoms with Crippen LogP contribution in [-0.4, -0.2) is 52.1 Å². The minimum absolute atomic E-state index is 0.0376. The van der Waals surface area contributed by atoms with Crippen molar-refractivity contribution in [1.82, 2.24) is 19.8 Å². The Labute approximate surface area is 197 Å². The molecule has 2 aliphatic rings. The quantitative estimate of drug-likeness (QED) is 0.597. The Hall–Kier alpha value is -2.25. The van der Waals surface area contributed by atoms with Crippen molar-refractivity contribution >= 4 is 11.7 Å². The van der Waals surface area contributed by atoms with Gasteiger partial charge in [0.25, 0.3) is 0 Å². The Balaban J connectivity index is 1.36. The van der Waals surface area contributed by atoms with Gasteiger partial charge in [0.2, 0.25) is 5.91 Å². The minimum Gasteiger partial charge on any atom is -0.328 e. The first kappa shape index (κ1) is 23.9. The molecule has 1 amide bonds. The number of hydrogen-bond acceptors (Lipinski definition) is 4. The van der Waals surface area contributed by atoms with Crippen molar-refractivity contribution in [2.75, 3.05) is 25.0 Å². The fourth-order valence-electron chi connectivity index (χ4n) is 5.23. The molecule has 1 fully saturated rings. The normalized spacial score (nSPS) is 19.9. The summed E-state index contributed by atoms with van der Waals surface area (Å²) in [7, 11) is 0. The van der Waals surface area contributed by atoms with E-state index in [1.54, 1.807) is 6.07 Å². The third-order valence-corrected chi connectivity index (χ3v) is 7.07. The highest BCUT2D eigenvalue weighted by molar-refractivity contribution is 5.94. The van der Waals surface area contributed by atoms with E-state index in [4.69, 9.17) is 0 Å². The fraction of sp³-hybridized carbons (Fsp3) is 0.615. The zero-order valence-corrected chi connectivity index (χ0v) is 20.2. The SMILES string of the molecule is CCC[C@H](N[C@H]1CCc2cc(F)ccc2C1)C(=O)Nc1cn(C(C)(C)CN2CCCC2)cn1. The molecule has 0 spiro atoms. The maximum atomic E-state index is 13.5. The standard InChI is InChI=1S/C26H38FN5O/c1-4-7-23(29-22-11-9-19-14-21(27)10-8-20(19)15-22)25(33)30-24-16-32(18-28-24)26(2,3)17-31-12-5-6-13-31/h8,10,14,16,18,22-23,29H,4-7,9,11-13,15,17H2,1-3H3,(H,30,33)/t22-,23-/m0/s1. The number of amides is 1. The van der Waals surface area contributed by atoms with Crippen LogP contribution in [0.5, 0.6) is 0 Å². The van der Waals surface area contributed by atoms with E-state index in [-0.39, 0.29) is 29.3 Å². The van der Waals surface area contributed by atoms with E-state index >= 15 is 0 Å². The van der Waals surface area contributed by atoms with Crippen LogP contribution in [0.1, 0.15) is 64.0 Å². The molecule has 0 bridgehead atoms. The number of nitrogens with zero attached hydrogens (tertiary/aromatic N) is 3. The predicted octanol–water partition coefficient (Wildman–Crippen LogP) is 4.11. The number of aromatic nitrogens is 2. The second kappa shape index (κ2) is 10.3. The first-order valence-electron chi connectivity index (χ1n) is 12.4. The average Bonchev–Trinajstić information content (AvgIpc) is 3.46. The van der Waals surface area contributed by atoms with Gasteiger partial charge in [0.15, 0.2) is 5.82 Å². The summed E-state index contributed by atoms with van der Waals surface area (Å²) >= 11 is 0. The summed E-state index contributed by atoms with van der Waals surface area (Å²) in [6, 6.07) is 4.98. The van der Waals surface area contributed by atoms with Gasteiger partial charge in [-0.15, -0.1) is 0 Å². The monoisotopic (exact) mass is 455 g/mol. The molecular formula is C26H38FN5O. The van der Waals surface area contributed by atoms with Crippen molar-refractivity contribution < 1.29 is 9.18 Å². The molecule has 1 aliphatic heterocycles. The number of benzene rings is 1. The van der Waals surface area contributed by atoms with Crippen molar-refractivity contribution in [3.8, 4) is 0 Å². The molecule has 0 unspecified atom stereocenters. The number of fused-ring (bicyclic) bond motifs is 1. The van der Waals surface area contributed by atoms with E-state index in [0.29, 0.717) is 5.82 Å². The number of anilines is 1. The van der Waals surface area contributed by atoms with Crippen LogP contribution in [0.4, 0.5) is 10.2 Å². The molecular weight excluding hydrogens is 417 g/mol. The number of likely N-dealkylation sites (tertiary alicyclic amines) is 1. The van der Waals surface area contributed by atoms with E-state index in [2.05, 4.69) is 45.9 Å². The highest BCUT2D eigenvalue weighted by Gasteiger charge is 2.28. The van der Waals surface area contributed by atoms with Crippen molar-refractivity contribution in [2.45, 2.75) is 83.3 Å². The van der Waals surface area contributed by atoms with E-state index in [9.17, 15) is 9.18 Å². The number of nitrogens with one attached hydrogen (secondary N) is 2. The zero-order chi connectivity index (χ0) is 23.4. The van der Waals surface area contributed by atoms with Crippen molar-refractivity contribution in [2.24, 2.45) is 0 Å². The summed E-state index contributed by atoms with van der Waals surface area (Å²) in [4.78, 5) is 20.1. The number of hydrogen-bond donors (Lipinski definition) is 2. The molecule has 4 rings (SSSR count). The van der Waals surface area contributed by atoms with Gasteiger partial charge in [-0.25, -0.2) is 9.37 Å². The Morgan fingerprint density at radius 1 is 1.27 bits per heavy atom. The lowest BCUT2D eigenvalue weighted by Gasteiger charge is -2.31. The highest BCUT2D eigenvalue weighted by Crippen LogP contribution is 2.24. The maximum Gasteiger partial charge on any atom is 0.242 e. The lowest BCUT2D eigenvalue weighted by atomic mass is 9.87. The molecule has 180 valence electrons. The Kier molecular flexibility index (Phi) is 7.49. The van der Waals surface area contributed by atoms with Crippen LogP contribution in [0.15, 0.2) is 30.7 Å². The molecule has 1 aromatic carbocycles. The smallest absolute Gasteiger partial charge is 0.242 e. The molecule has 1 aromatic heterocycles. The lowest BCUT2D eigenvalue weighted by Crippen LogP contribution is -2.47. The summed E-state index contributed by atoms with van der Waals surface area (Å²) in [5, 5.41) is 6.60. The van der Waals surface area contributed by atoms with Crippen LogP contribution in [0.25, 0.3) is 0 Å². The summed E-state index contributed by atoms with van der Waals surface area (Å²) in [5.41, 5.74) is 2.18. The summed E-state index contributed by atoms with van der Waals surface area (Å²) in [5.74, 6) is 0.387.